The SMILES string of the molecule is CCCCCCCCCCCCCCCCCCCCCCC(=O)OCC(COC(=O)CCCCCCCCCC)OC(=O)CCCCCCCCCCCCCCCCCCCC. The van der Waals surface area contributed by atoms with Crippen LogP contribution in [0.2, 0.25) is 0 Å². The Morgan fingerprint density at radius 1 is 0.250 bits per heavy atom. The molecule has 380 valence electrons. The van der Waals surface area contributed by atoms with Crippen LogP contribution < -0.4 is 0 Å². The van der Waals surface area contributed by atoms with Gasteiger partial charge in [-0.05, 0) is 19.3 Å². The summed E-state index contributed by atoms with van der Waals surface area (Å²) in [6.07, 6.45) is 59.7. The summed E-state index contributed by atoms with van der Waals surface area (Å²) in [5.74, 6) is -0.839. The third-order valence-electron chi connectivity index (χ3n) is 13.4. The highest BCUT2D eigenvalue weighted by Gasteiger charge is 2.19. The van der Waals surface area contributed by atoms with Gasteiger partial charge in [0.25, 0.3) is 0 Å². The summed E-state index contributed by atoms with van der Waals surface area (Å²) < 4.78 is 16.8. The van der Waals surface area contributed by atoms with Gasteiger partial charge >= 0.3 is 17.9 Å². The van der Waals surface area contributed by atoms with Crippen LogP contribution in [0, 0.1) is 0 Å². The topological polar surface area (TPSA) is 78.9 Å². The van der Waals surface area contributed by atoms with E-state index < -0.39 is 6.10 Å². The molecule has 1 atom stereocenters. The Labute approximate surface area is 399 Å². The second kappa shape index (κ2) is 54.0. The number of carbonyl (C=O) groups excluding carboxylic acids is 3. The lowest BCUT2D eigenvalue weighted by Crippen LogP contribution is -2.30. The van der Waals surface area contributed by atoms with Crippen LogP contribution in [0.25, 0.3) is 0 Å². The lowest BCUT2D eigenvalue weighted by atomic mass is 10.0. The Hall–Kier alpha value is -1.59. The highest BCUT2D eigenvalue weighted by atomic mass is 16.6. The molecule has 1 unspecified atom stereocenters. The van der Waals surface area contributed by atoms with E-state index in [1.807, 2.05) is 0 Å². The maximum atomic E-state index is 12.8. The average Bonchev–Trinajstić information content (AvgIpc) is 3.29. The van der Waals surface area contributed by atoms with E-state index in [-0.39, 0.29) is 31.1 Å². The molecule has 0 fully saturated rings. The van der Waals surface area contributed by atoms with Crippen LogP contribution in [0.4, 0.5) is 0 Å². The lowest BCUT2D eigenvalue weighted by Gasteiger charge is -2.18. The molecule has 0 aliphatic heterocycles. The second-order valence-electron chi connectivity index (χ2n) is 19.9. The van der Waals surface area contributed by atoms with Crippen LogP contribution >= 0.6 is 0 Å². The molecule has 0 N–H and O–H groups in total. The van der Waals surface area contributed by atoms with E-state index in [0.29, 0.717) is 19.3 Å². The zero-order chi connectivity index (χ0) is 46.5. The molecule has 0 amide bonds. The quantitative estimate of drug-likeness (QED) is 0.0344. The van der Waals surface area contributed by atoms with Gasteiger partial charge in [-0.3, -0.25) is 14.4 Å². The Kier molecular flexibility index (Phi) is 52.7. The smallest absolute Gasteiger partial charge is 0.306 e. The summed E-state index contributed by atoms with van der Waals surface area (Å²) in [6.45, 7) is 6.68. The first-order valence-electron chi connectivity index (χ1n) is 29.0. The summed E-state index contributed by atoms with van der Waals surface area (Å²) in [5, 5.41) is 0. The van der Waals surface area contributed by atoms with E-state index in [1.165, 1.54) is 238 Å². The number of unbranched alkanes of at least 4 members (excludes halogenated alkanes) is 43. The second-order valence-corrected chi connectivity index (χ2v) is 19.9. The Morgan fingerprint density at radius 3 is 0.625 bits per heavy atom. The number of hydrogen-bond acceptors (Lipinski definition) is 6. The van der Waals surface area contributed by atoms with Gasteiger partial charge in [-0.1, -0.05) is 297 Å². The fourth-order valence-electron chi connectivity index (χ4n) is 8.98. The summed E-state index contributed by atoms with van der Waals surface area (Å²) >= 11 is 0. The minimum Gasteiger partial charge on any atom is -0.462 e. The minimum atomic E-state index is -0.760. The van der Waals surface area contributed by atoms with E-state index in [2.05, 4.69) is 20.8 Å². The van der Waals surface area contributed by atoms with Gasteiger partial charge in [-0.25, -0.2) is 0 Å². The number of ether oxygens (including phenoxy) is 3. The standard InChI is InChI=1S/C58H112O6/c1-4-7-10-13-16-19-21-23-25-27-29-30-32-33-35-37-39-42-45-48-51-57(60)63-54-55(53-62-56(59)50-47-44-41-18-15-12-9-6-3)64-58(61)52-49-46-43-40-38-36-34-31-28-26-24-22-20-17-14-11-8-5-2/h55H,4-54H2,1-3H3. The molecule has 0 aliphatic carbocycles. The highest BCUT2D eigenvalue weighted by Crippen LogP contribution is 2.18. The number of rotatable bonds is 54. The first-order valence-corrected chi connectivity index (χ1v) is 29.0. The zero-order valence-corrected chi connectivity index (χ0v) is 43.6. The third-order valence-corrected chi connectivity index (χ3v) is 13.4. The van der Waals surface area contributed by atoms with E-state index in [9.17, 15) is 14.4 Å². The molecule has 6 heteroatoms. The van der Waals surface area contributed by atoms with Crippen molar-refractivity contribution in [3.8, 4) is 0 Å². The average molecular weight is 906 g/mol. The predicted molar refractivity (Wildman–Crippen MR) is 275 cm³/mol. The van der Waals surface area contributed by atoms with Crippen molar-refractivity contribution in [3.63, 3.8) is 0 Å². The maximum absolute atomic E-state index is 12.8. The highest BCUT2D eigenvalue weighted by molar-refractivity contribution is 5.71. The van der Waals surface area contributed by atoms with E-state index in [1.54, 1.807) is 0 Å². The van der Waals surface area contributed by atoms with Gasteiger partial charge < -0.3 is 14.2 Å². The molecule has 0 saturated carbocycles. The molecule has 0 aromatic carbocycles. The molecule has 0 spiro atoms. The molecule has 0 aromatic heterocycles. The fraction of sp³-hybridized carbons (Fsp3) is 0.948. The van der Waals surface area contributed by atoms with Crippen molar-refractivity contribution < 1.29 is 28.6 Å². The van der Waals surface area contributed by atoms with Crippen LogP contribution in [0.3, 0.4) is 0 Å². The number of hydrogen-bond donors (Lipinski definition) is 0. The van der Waals surface area contributed by atoms with Crippen molar-refractivity contribution in [2.24, 2.45) is 0 Å². The maximum Gasteiger partial charge on any atom is 0.306 e. The molecule has 0 rings (SSSR count). The van der Waals surface area contributed by atoms with Gasteiger partial charge in [0.1, 0.15) is 13.2 Å². The Balaban J connectivity index is 4.15. The van der Waals surface area contributed by atoms with Gasteiger partial charge in [-0.2, -0.15) is 0 Å². The van der Waals surface area contributed by atoms with Crippen molar-refractivity contribution in [1.82, 2.24) is 0 Å². The van der Waals surface area contributed by atoms with E-state index >= 15 is 0 Å². The molecule has 0 heterocycles. The van der Waals surface area contributed by atoms with Gasteiger partial charge in [0.05, 0.1) is 0 Å². The van der Waals surface area contributed by atoms with Crippen LogP contribution in [0.1, 0.15) is 335 Å². The first kappa shape index (κ1) is 62.4. The van der Waals surface area contributed by atoms with Gasteiger partial charge in [0.15, 0.2) is 6.10 Å². The first-order chi connectivity index (χ1) is 31.5. The summed E-state index contributed by atoms with van der Waals surface area (Å²) in [4.78, 5) is 38.0. The fourth-order valence-corrected chi connectivity index (χ4v) is 8.98. The molecule has 0 saturated heterocycles. The Morgan fingerprint density at radius 2 is 0.422 bits per heavy atom. The zero-order valence-electron chi connectivity index (χ0n) is 43.6. The van der Waals surface area contributed by atoms with Crippen LogP contribution in [0.15, 0.2) is 0 Å². The van der Waals surface area contributed by atoms with E-state index in [0.717, 1.165) is 57.8 Å². The van der Waals surface area contributed by atoms with Crippen LogP contribution in [-0.2, 0) is 28.6 Å². The van der Waals surface area contributed by atoms with Crippen molar-refractivity contribution in [1.29, 1.82) is 0 Å². The molecule has 6 nitrogen and oxygen atoms in total. The molecular formula is C58H112O6. The molecular weight excluding hydrogens is 793 g/mol. The lowest BCUT2D eigenvalue weighted by molar-refractivity contribution is -0.167. The predicted octanol–water partition coefficient (Wildman–Crippen LogP) is 19.2. The summed E-state index contributed by atoms with van der Waals surface area (Å²) in [6, 6.07) is 0. The number of esters is 3. The van der Waals surface area contributed by atoms with Crippen LogP contribution in [0.5, 0.6) is 0 Å². The summed E-state index contributed by atoms with van der Waals surface area (Å²) in [5.41, 5.74) is 0. The molecule has 0 radical (unpaired) electrons. The molecule has 0 aromatic rings. The molecule has 64 heavy (non-hydrogen) atoms. The normalized spacial score (nSPS) is 11.9. The monoisotopic (exact) mass is 905 g/mol. The van der Waals surface area contributed by atoms with Gasteiger partial charge in [-0.15, -0.1) is 0 Å². The van der Waals surface area contributed by atoms with Crippen LogP contribution in [-0.4, -0.2) is 37.2 Å². The van der Waals surface area contributed by atoms with Crippen molar-refractivity contribution in [2.45, 2.75) is 341 Å². The molecule has 0 aliphatic rings. The third kappa shape index (κ3) is 51.4. The van der Waals surface area contributed by atoms with Crippen molar-refractivity contribution in [3.05, 3.63) is 0 Å². The van der Waals surface area contributed by atoms with Crippen molar-refractivity contribution in [2.75, 3.05) is 13.2 Å². The Bertz CT molecular complexity index is 951. The molecule has 0 bridgehead atoms. The van der Waals surface area contributed by atoms with E-state index in [4.69, 9.17) is 14.2 Å². The largest absolute Gasteiger partial charge is 0.462 e. The van der Waals surface area contributed by atoms with Gasteiger partial charge in [0.2, 0.25) is 0 Å². The summed E-state index contributed by atoms with van der Waals surface area (Å²) in [7, 11) is 0. The van der Waals surface area contributed by atoms with Crippen molar-refractivity contribution >= 4 is 17.9 Å². The minimum absolute atomic E-state index is 0.0616. The number of carbonyl (C=O) groups is 3. The van der Waals surface area contributed by atoms with Gasteiger partial charge in [0, 0.05) is 19.3 Å².